The van der Waals surface area contributed by atoms with E-state index in [0.717, 1.165) is 19.3 Å². The van der Waals surface area contributed by atoms with E-state index in [1.807, 2.05) is 0 Å². The number of aliphatic hydroxyl groups is 1. The van der Waals surface area contributed by atoms with Gasteiger partial charge >= 0.3 is 6.03 Å². The van der Waals surface area contributed by atoms with Crippen molar-refractivity contribution in [1.29, 1.82) is 0 Å². The molecule has 0 unspecified atom stereocenters. The van der Waals surface area contributed by atoms with E-state index in [-0.39, 0.29) is 31.0 Å². The Morgan fingerprint density at radius 3 is 2.90 bits per heavy atom. The molecule has 1 aliphatic carbocycles. The monoisotopic (exact) mass is 276 g/mol. The topological polar surface area (TPSA) is 61.4 Å². The Morgan fingerprint density at radius 2 is 2.25 bits per heavy atom. The van der Waals surface area contributed by atoms with Crippen LogP contribution >= 0.6 is 0 Å². The standard InChI is InChI=1S/C15H17FN2O2/c16-14-7-6-11(3-2-8-19)9-12(14)10-17-15(20)18-13-4-1-5-13/h6-7,9,13,19H,1,4-5,8,10H2,(H2,17,18,20). The van der Waals surface area contributed by atoms with E-state index < -0.39 is 0 Å². The largest absolute Gasteiger partial charge is 0.384 e. The molecule has 0 heterocycles. The van der Waals surface area contributed by atoms with Crippen LogP contribution in [0.2, 0.25) is 0 Å². The first kappa shape index (κ1) is 14.4. The molecule has 1 aromatic carbocycles. The fraction of sp³-hybridized carbons (Fsp3) is 0.400. The number of nitrogens with one attached hydrogen (secondary N) is 2. The third kappa shape index (κ3) is 3.97. The van der Waals surface area contributed by atoms with E-state index in [1.165, 1.54) is 12.1 Å². The van der Waals surface area contributed by atoms with Crippen LogP contribution in [0.1, 0.15) is 30.4 Å². The number of rotatable bonds is 3. The Morgan fingerprint density at radius 1 is 1.45 bits per heavy atom. The van der Waals surface area contributed by atoms with Gasteiger partial charge in [0.1, 0.15) is 12.4 Å². The first-order chi connectivity index (χ1) is 9.69. The van der Waals surface area contributed by atoms with E-state index in [9.17, 15) is 9.18 Å². The lowest BCUT2D eigenvalue weighted by Gasteiger charge is -2.26. The van der Waals surface area contributed by atoms with Gasteiger partial charge in [0.25, 0.3) is 0 Å². The number of benzene rings is 1. The highest BCUT2D eigenvalue weighted by molar-refractivity contribution is 5.74. The Hall–Kier alpha value is -2.06. The van der Waals surface area contributed by atoms with Gasteiger partial charge in [0.2, 0.25) is 0 Å². The third-order valence-electron chi connectivity index (χ3n) is 3.24. The van der Waals surface area contributed by atoms with Gasteiger partial charge in [0.15, 0.2) is 0 Å². The van der Waals surface area contributed by atoms with Crippen molar-refractivity contribution in [3.8, 4) is 11.8 Å². The molecule has 0 radical (unpaired) electrons. The van der Waals surface area contributed by atoms with E-state index in [2.05, 4.69) is 22.5 Å². The molecular formula is C15H17FN2O2. The molecule has 1 saturated carbocycles. The molecule has 1 aromatic rings. The minimum atomic E-state index is -0.386. The minimum absolute atomic E-state index is 0.110. The number of urea groups is 1. The summed E-state index contributed by atoms with van der Waals surface area (Å²) in [5.41, 5.74) is 0.982. The molecule has 0 spiro atoms. The predicted octanol–water partition coefficient (Wildman–Crippen LogP) is 1.52. The lowest BCUT2D eigenvalue weighted by atomic mass is 9.93. The Kier molecular flexibility index (Phi) is 4.97. The molecule has 1 aliphatic rings. The van der Waals surface area contributed by atoms with Gasteiger partial charge in [-0.25, -0.2) is 9.18 Å². The number of hydrogen-bond donors (Lipinski definition) is 3. The molecule has 0 atom stereocenters. The van der Waals surface area contributed by atoms with E-state index >= 15 is 0 Å². The summed E-state index contributed by atoms with van der Waals surface area (Å²) in [6.45, 7) is -0.131. The van der Waals surface area contributed by atoms with Crippen LogP contribution in [0, 0.1) is 17.7 Å². The van der Waals surface area contributed by atoms with Gasteiger partial charge in [-0.15, -0.1) is 0 Å². The molecule has 0 bridgehead atoms. The van der Waals surface area contributed by atoms with Crippen molar-refractivity contribution in [2.24, 2.45) is 0 Å². The van der Waals surface area contributed by atoms with E-state index in [1.54, 1.807) is 6.07 Å². The van der Waals surface area contributed by atoms with Crippen LogP contribution in [0.15, 0.2) is 18.2 Å². The van der Waals surface area contributed by atoms with Crippen molar-refractivity contribution in [3.05, 3.63) is 35.1 Å². The first-order valence-corrected chi connectivity index (χ1v) is 6.61. The maximum Gasteiger partial charge on any atom is 0.315 e. The molecule has 0 saturated heterocycles. The average Bonchev–Trinajstić information content (AvgIpc) is 2.40. The van der Waals surface area contributed by atoms with Crippen molar-refractivity contribution in [3.63, 3.8) is 0 Å². The van der Waals surface area contributed by atoms with Crippen LogP contribution in [0.3, 0.4) is 0 Å². The first-order valence-electron chi connectivity index (χ1n) is 6.61. The summed E-state index contributed by atoms with van der Waals surface area (Å²) < 4.78 is 13.6. The van der Waals surface area contributed by atoms with Crippen LogP contribution in [-0.2, 0) is 6.54 Å². The van der Waals surface area contributed by atoms with Crippen LogP contribution in [0.5, 0.6) is 0 Å². The van der Waals surface area contributed by atoms with Crippen LogP contribution in [0.25, 0.3) is 0 Å². The van der Waals surface area contributed by atoms with Crippen molar-refractivity contribution in [1.82, 2.24) is 10.6 Å². The molecule has 2 amide bonds. The fourth-order valence-corrected chi connectivity index (χ4v) is 1.89. The molecule has 106 valence electrons. The molecule has 0 aromatic heterocycles. The highest BCUT2D eigenvalue weighted by Gasteiger charge is 2.19. The quantitative estimate of drug-likeness (QED) is 0.733. The number of hydrogen-bond acceptors (Lipinski definition) is 2. The summed E-state index contributed by atoms with van der Waals surface area (Å²) in [7, 11) is 0. The molecule has 0 aliphatic heterocycles. The van der Waals surface area contributed by atoms with Crippen molar-refractivity contribution >= 4 is 6.03 Å². The van der Waals surface area contributed by atoms with Crippen LogP contribution < -0.4 is 10.6 Å². The zero-order valence-electron chi connectivity index (χ0n) is 11.1. The van der Waals surface area contributed by atoms with Crippen molar-refractivity contribution in [2.45, 2.75) is 31.8 Å². The minimum Gasteiger partial charge on any atom is -0.384 e. The molecule has 3 N–H and O–H groups in total. The van der Waals surface area contributed by atoms with Gasteiger partial charge in [-0.05, 0) is 37.5 Å². The molecular weight excluding hydrogens is 259 g/mol. The van der Waals surface area contributed by atoms with E-state index in [4.69, 9.17) is 5.11 Å². The van der Waals surface area contributed by atoms with Gasteiger partial charge in [-0.3, -0.25) is 0 Å². The number of carbonyl (C=O) groups excluding carboxylic acids is 1. The molecule has 2 rings (SSSR count). The maximum atomic E-state index is 13.6. The van der Waals surface area contributed by atoms with E-state index in [0.29, 0.717) is 11.1 Å². The van der Waals surface area contributed by atoms with Crippen molar-refractivity contribution < 1.29 is 14.3 Å². The second-order valence-corrected chi connectivity index (χ2v) is 4.72. The predicted molar refractivity (Wildman–Crippen MR) is 73.4 cm³/mol. The zero-order valence-corrected chi connectivity index (χ0v) is 11.1. The maximum absolute atomic E-state index is 13.6. The normalized spacial score (nSPS) is 13.9. The van der Waals surface area contributed by atoms with Gasteiger partial charge in [0.05, 0.1) is 0 Å². The molecule has 20 heavy (non-hydrogen) atoms. The summed E-state index contributed by atoms with van der Waals surface area (Å²) >= 11 is 0. The molecule has 1 fully saturated rings. The Bertz CT molecular complexity index is 545. The fourth-order valence-electron chi connectivity index (χ4n) is 1.89. The number of aliphatic hydroxyl groups excluding tert-OH is 1. The second kappa shape index (κ2) is 6.92. The Balaban J connectivity index is 1.92. The third-order valence-corrected chi connectivity index (χ3v) is 3.24. The van der Waals surface area contributed by atoms with Crippen LogP contribution in [0.4, 0.5) is 9.18 Å². The number of carbonyl (C=O) groups is 1. The lowest BCUT2D eigenvalue weighted by Crippen LogP contribution is -2.44. The van der Waals surface area contributed by atoms with Gasteiger partial charge in [-0.1, -0.05) is 11.8 Å². The second-order valence-electron chi connectivity index (χ2n) is 4.72. The molecule has 4 nitrogen and oxygen atoms in total. The van der Waals surface area contributed by atoms with Crippen molar-refractivity contribution in [2.75, 3.05) is 6.61 Å². The van der Waals surface area contributed by atoms with Crippen LogP contribution in [-0.4, -0.2) is 23.8 Å². The summed E-state index contributed by atoms with van der Waals surface area (Å²) in [6, 6.07) is 4.39. The number of halogens is 1. The molecule has 5 heteroatoms. The zero-order chi connectivity index (χ0) is 14.4. The summed E-state index contributed by atoms with van der Waals surface area (Å²) in [5, 5.41) is 14.1. The number of amides is 2. The van der Waals surface area contributed by atoms with Gasteiger partial charge in [0, 0.05) is 23.7 Å². The summed E-state index contributed by atoms with van der Waals surface area (Å²) in [6.07, 6.45) is 3.16. The highest BCUT2D eigenvalue weighted by atomic mass is 19.1. The average molecular weight is 276 g/mol. The lowest BCUT2D eigenvalue weighted by molar-refractivity contribution is 0.228. The SMILES string of the molecule is O=C(NCc1cc(C#CCO)ccc1F)NC1CCC1. The van der Waals surface area contributed by atoms with Gasteiger partial charge in [-0.2, -0.15) is 0 Å². The smallest absolute Gasteiger partial charge is 0.315 e. The highest BCUT2D eigenvalue weighted by Crippen LogP contribution is 2.17. The summed E-state index contributed by atoms with van der Waals surface area (Å²) in [5.74, 6) is 4.82. The van der Waals surface area contributed by atoms with Gasteiger partial charge < -0.3 is 15.7 Å². The Labute approximate surface area is 117 Å². The summed E-state index contributed by atoms with van der Waals surface area (Å²) in [4.78, 5) is 11.6.